The molecule has 2 rings (SSSR count). The average Bonchev–Trinajstić information content (AvgIpc) is 2.54. The zero-order valence-electron chi connectivity index (χ0n) is 13.2. The lowest BCUT2D eigenvalue weighted by molar-refractivity contribution is 0.0428. The van der Waals surface area contributed by atoms with Gasteiger partial charge in [-0.2, -0.15) is 0 Å². The monoisotopic (exact) mass is 317 g/mol. The van der Waals surface area contributed by atoms with Gasteiger partial charge in [0.1, 0.15) is 22.8 Å². The Labute approximate surface area is 134 Å². The molecular formula is C17H19NO5. The van der Waals surface area contributed by atoms with Gasteiger partial charge in [-0.3, -0.25) is 9.78 Å². The van der Waals surface area contributed by atoms with Crippen molar-refractivity contribution in [1.82, 2.24) is 4.98 Å². The highest BCUT2D eigenvalue weighted by Gasteiger charge is 2.30. The number of pyridine rings is 1. The molecule has 1 heterocycles. The van der Waals surface area contributed by atoms with Crippen LogP contribution < -0.4 is 9.47 Å². The van der Waals surface area contributed by atoms with Crippen LogP contribution in [0.4, 0.5) is 0 Å². The number of aromatic hydroxyl groups is 1. The largest absolute Gasteiger partial charge is 0.507 e. The van der Waals surface area contributed by atoms with Crippen molar-refractivity contribution in [2.24, 2.45) is 0 Å². The van der Waals surface area contributed by atoms with Gasteiger partial charge in [0, 0.05) is 30.9 Å². The van der Waals surface area contributed by atoms with Crippen LogP contribution in [0.5, 0.6) is 17.2 Å². The van der Waals surface area contributed by atoms with Gasteiger partial charge in [0.15, 0.2) is 5.78 Å². The number of nitrogens with zero attached hydrogens (tertiary/aromatic N) is 1. The summed E-state index contributed by atoms with van der Waals surface area (Å²) in [5, 5.41) is 20.7. The zero-order chi connectivity index (χ0) is 17.0. The van der Waals surface area contributed by atoms with Crippen LogP contribution in [0.1, 0.15) is 29.3 Å². The van der Waals surface area contributed by atoms with Crippen LogP contribution in [-0.2, 0) is 5.60 Å². The number of phenolic OH excluding ortho intramolecular Hbond substituents is 1. The van der Waals surface area contributed by atoms with E-state index in [2.05, 4.69) is 4.98 Å². The third-order valence-electron chi connectivity index (χ3n) is 3.60. The summed E-state index contributed by atoms with van der Waals surface area (Å²) in [7, 11) is 2.84. The Morgan fingerprint density at radius 1 is 1.22 bits per heavy atom. The number of carbonyl (C=O) groups is 1. The normalized spacial score (nSPS) is 13.2. The van der Waals surface area contributed by atoms with Gasteiger partial charge in [-0.15, -0.1) is 0 Å². The van der Waals surface area contributed by atoms with Gasteiger partial charge in [0.05, 0.1) is 19.8 Å². The number of carbonyl (C=O) groups excluding carboxylic acids is 1. The van der Waals surface area contributed by atoms with E-state index in [1.54, 1.807) is 24.5 Å². The third kappa shape index (κ3) is 3.60. The van der Waals surface area contributed by atoms with Gasteiger partial charge in [-0.05, 0) is 24.6 Å². The fraction of sp³-hybridized carbons (Fsp3) is 0.294. The summed E-state index contributed by atoms with van der Waals surface area (Å²) in [6.45, 7) is 1.54. The molecule has 0 aliphatic carbocycles. The molecule has 23 heavy (non-hydrogen) atoms. The van der Waals surface area contributed by atoms with Gasteiger partial charge < -0.3 is 19.7 Å². The number of methoxy groups -OCH3 is 2. The van der Waals surface area contributed by atoms with Crippen LogP contribution in [-0.4, -0.2) is 35.2 Å². The number of rotatable bonds is 6. The van der Waals surface area contributed by atoms with E-state index in [0.29, 0.717) is 11.3 Å². The lowest BCUT2D eigenvalue weighted by Gasteiger charge is -2.23. The van der Waals surface area contributed by atoms with Gasteiger partial charge in [0.25, 0.3) is 0 Å². The van der Waals surface area contributed by atoms with Crippen LogP contribution in [0.2, 0.25) is 0 Å². The lowest BCUT2D eigenvalue weighted by atomic mass is 9.89. The summed E-state index contributed by atoms with van der Waals surface area (Å²) in [6.07, 6.45) is 2.87. The first kappa shape index (κ1) is 16.8. The summed E-state index contributed by atoms with van der Waals surface area (Å²) in [6, 6.07) is 6.11. The fourth-order valence-corrected chi connectivity index (χ4v) is 2.35. The van der Waals surface area contributed by atoms with Gasteiger partial charge >= 0.3 is 0 Å². The van der Waals surface area contributed by atoms with Crippen molar-refractivity contribution in [1.29, 1.82) is 0 Å². The number of aliphatic hydroxyl groups is 1. The predicted octanol–water partition coefficient (Wildman–Crippen LogP) is 2.28. The Morgan fingerprint density at radius 2 is 1.87 bits per heavy atom. The topological polar surface area (TPSA) is 88.9 Å². The highest BCUT2D eigenvalue weighted by molar-refractivity contribution is 6.02. The van der Waals surface area contributed by atoms with Crippen molar-refractivity contribution in [3.8, 4) is 17.2 Å². The van der Waals surface area contributed by atoms with E-state index in [1.165, 1.54) is 33.3 Å². The molecule has 2 N–H and O–H groups in total. The lowest BCUT2D eigenvalue weighted by Crippen LogP contribution is -2.25. The van der Waals surface area contributed by atoms with E-state index in [0.717, 1.165) is 0 Å². The zero-order valence-corrected chi connectivity index (χ0v) is 13.2. The average molecular weight is 317 g/mol. The molecule has 1 atom stereocenters. The molecule has 0 aliphatic heterocycles. The molecule has 6 heteroatoms. The maximum absolute atomic E-state index is 12.6. The first-order chi connectivity index (χ1) is 10.9. The second-order valence-electron chi connectivity index (χ2n) is 5.33. The van der Waals surface area contributed by atoms with Gasteiger partial charge in [-0.1, -0.05) is 0 Å². The second-order valence-corrected chi connectivity index (χ2v) is 5.33. The molecule has 2 aromatic rings. The van der Waals surface area contributed by atoms with Crippen LogP contribution in [0.25, 0.3) is 0 Å². The minimum absolute atomic E-state index is 0.0163. The SMILES string of the molecule is COc1cc(O)c(C(=O)CC(C)(O)c2ccncc2)c(OC)c1. The van der Waals surface area contributed by atoms with E-state index in [4.69, 9.17) is 9.47 Å². The number of ketones is 1. The summed E-state index contributed by atoms with van der Waals surface area (Å²) in [4.78, 5) is 16.5. The Balaban J connectivity index is 2.34. The van der Waals surface area contributed by atoms with Crippen molar-refractivity contribution in [2.75, 3.05) is 14.2 Å². The molecule has 0 spiro atoms. The first-order valence-corrected chi connectivity index (χ1v) is 7.00. The van der Waals surface area contributed by atoms with Crippen molar-refractivity contribution >= 4 is 5.78 Å². The third-order valence-corrected chi connectivity index (χ3v) is 3.60. The number of ether oxygens (including phenoxy) is 2. The Bertz CT molecular complexity index is 698. The number of aromatic nitrogens is 1. The van der Waals surface area contributed by atoms with Crippen molar-refractivity contribution in [3.63, 3.8) is 0 Å². The number of hydrogen-bond acceptors (Lipinski definition) is 6. The molecule has 0 bridgehead atoms. The van der Waals surface area contributed by atoms with Crippen molar-refractivity contribution in [2.45, 2.75) is 18.9 Å². The predicted molar refractivity (Wildman–Crippen MR) is 84.0 cm³/mol. The molecule has 1 aromatic heterocycles. The second kappa shape index (κ2) is 6.66. The first-order valence-electron chi connectivity index (χ1n) is 7.00. The summed E-state index contributed by atoms with van der Waals surface area (Å²) in [5.74, 6) is -0.130. The van der Waals surface area contributed by atoms with Crippen molar-refractivity contribution < 1.29 is 24.5 Å². The molecule has 0 saturated carbocycles. The number of phenols is 1. The maximum atomic E-state index is 12.6. The molecule has 1 aromatic carbocycles. The van der Waals surface area contributed by atoms with Crippen LogP contribution in [0.3, 0.4) is 0 Å². The number of benzene rings is 1. The van der Waals surface area contributed by atoms with Crippen LogP contribution >= 0.6 is 0 Å². The molecule has 1 unspecified atom stereocenters. The van der Waals surface area contributed by atoms with Gasteiger partial charge in [-0.25, -0.2) is 0 Å². The standard InChI is InChI=1S/C17H19NO5/c1-17(21,11-4-6-18-7-5-11)10-14(20)16-13(19)8-12(22-2)9-15(16)23-3/h4-9,19,21H,10H2,1-3H3. The van der Waals surface area contributed by atoms with Crippen molar-refractivity contribution in [3.05, 3.63) is 47.8 Å². The Morgan fingerprint density at radius 3 is 2.43 bits per heavy atom. The fourth-order valence-electron chi connectivity index (χ4n) is 2.35. The molecule has 0 saturated heterocycles. The quantitative estimate of drug-likeness (QED) is 0.795. The van der Waals surface area contributed by atoms with E-state index in [-0.39, 0.29) is 23.5 Å². The Kier molecular flexibility index (Phi) is 4.86. The minimum atomic E-state index is -1.39. The summed E-state index contributed by atoms with van der Waals surface area (Å²) >= 11 is 0. The molecule has 0 fully saturated rings. The van der Waals surface area contributed by atoms with Crippen LogP contribution in [0, 0.1) is 0 Å². The van der Waals surface area contributed by atoms with E-state index < -0.39 is 11.4 Å². The van der Waals surface area contributed by atoms with Crippen LogP contribution in [0.15, 0.2) is 36.7 Å². The Hall–Kier alpha value is -2.60. The molecule has 0 radical (unpaired) electrons. The van der Waals surface area contributed by atoms with Gasteiger partial charge in [0.2, 0.25) is 0 Å². The highest BCUT2D eigenvalue weighted by atomic mass is 16.5. The maximum Gasteiger partial charge on any atom is 0.173 e. The molecular weight excluding hydrogens is 298 g/mol. The summed E-state index contributed by atoms with van der Waals surface area (Å²) in [5.41, 5.74) is -0.812. The highest BCUT2D eigenvalue weighted by Crippen LogP contribution is 2.36. The summed E-state index contributed by atoms with van der Waals surface area (Å²) < 4.78 is 10.2. The van der Waals surface area contributed by atoms with E-state index in [9.17, 15) is 15.0 Å². The molecule has 122 valence electrons. The minimum Gasteiger partial charge on any atom is -0.507 e. The van der Waals surface area contributed by atoms with E-state index in [1.807, 2.05) is 0 Å². The number of hydrogen-bond donors (Lipinski definition) is 2. The molecule has 6 nitrogen and oxygen atoms in total. The molecule has 0 amide bonds. The molecule has 0 aliphatic rings. The smallest absolute Gasteiger partial charge is 0.173 e. The van der Waals surface area contributed by atoms with E-state index >= 15 is 0 Å². The number of Topliss-reactive ketones (excluding diaryl/α,β-unsaturated/α-hetero) is 1.